The zero-order valence-corrected chi connectivity index (χ0v) is 23.6. The monoisotopic (exact) mass is 541 g/mol. The van der Waals surface area contributed by atoms with Gasteiger partial charge in [-0.25, -0.2) is 0 Å². The summed E-state index contributed by atoms with van der Waals surface area (Å²) in [6, 6.07) is 4.28. The van der Waals surface area contributed by atoms with Crippen molar-refractivity contribution in [3.8, 4) is 5.75 Å². The highest BCUT2D eigenvalue weighted by Crippen LogP contribution is 2.35. The summed E-state index contributed by atoms with van der Waals surface area (Å²) in [7, 11) is 4.17. The number of ether oxygens (including phenoxy) is 1. The molecule has 2 aromatic rings. The van der Waals surface area contributed by atoms with Crippen molar-refractivity contribution in [3.63, 3.8) is 0 Å². The van der Waals surface area contributed by atoms with E-state index in [9.17, 15) is 5.11 Å². The van der Waals surface area contributed by atoms with Crippen LogP contribution in [0.3, 0.4) is 0 Å². The van der Waals surface area contributed by atoms with Gasteiger partial charge in [-0.2, -0.15) is 0 Å². The van der Waals surface area contributed by atoms with Gasteiger partial charge in [0.25, 0.3) is 0 Å². The van der Waals surface area contributed by atoms with Crippen LogP contribution in [0.5, 0.6) is 5.75 Å². The largest absolute Gasteiger partial charge is 0.493 e. The number of nitrogens with zero attached hydrogens (tertiary/aromatic N) is 3. The summed E-state index contributed by atoms with van der Waals surface area (Å²) in [5.41, 5.74) is 3.12. The third kappa shape index (κ3) is 7.50. The van der Waals surface area contributed by atoms with Gasteiger partial charge in [0, 0.05) is 18.5 Å². The third-order valence-corrected chi connectivity index (χ3v) is 8.28. The molecule has 2 aliphatic carbocycles. The maximum atomic E-state index is 10.3. The molecule has 2 atom stereocenters. The van der Waals surface area contributed by atoms with Crippen molar-refractivity contribution in [2.24, 2.45) is 17.8 Å². The molecule has 2 heterocycles. The average molecular weight is 543 g/mol. The average Bonchev–Trinajstić information content (AvgIpc) is 3.57. The van der Waals surface area contributed by atoms with Crippen molar-refractivity contribution in [2.45, 2.75) is 76.9 Å². The van der Waals surface area contributed by atoms with E-state index in [1.54, 1.807) is 0 Å². The van der Waals surface area contributed by atoms with Crippen molar-refractivity contribution in [3.05, 3.63) is 23.4 Å². The fourth-order valence-corrected chi connectivity index (χ4v) is 5.90. The van der Waals surface area contributed by atoms with E-state index in [2.05, 4.69) is 41.2 Å². The number of aliphatic hydroxyl groups excluding tert-OH is 1. The Kier molecular flexibility index (Phi) is 11.2. The second kappa shape index (κ2) is 13.7. The first-order valence-corrected chi connectivity index (χ1v) is 13.6. The zero-order chi connectivity index (χ0) is 23.5. The van der Waals surface area contributed by atoms with Crippen molar-refractivity contribution in [1.29, 1.82) is 0 Å². The molecule has 1 aromatic heterocycles. The van der Waals surface area contributed by atoms with Crippen molar-refractivity contribution in [2.75, 3.05) is 40.3 Å². The van der Waals surface area contributed by atoms with E-state index in [1.165, 1.54) is 64.5 Å². The lowest BCUT2D eigenvalue weighted by atomic mass is 9.85. The molecule has 1 N–H and O–H groups in total. The molecule has 204 valence electrons. The second-order valence-electron chi connectivity index (χ2n) is 11.4. The minimum atomic E-state index is -0.0797. The Balaban J connectivity index is 0.00000180. The molecule has 2 saturated carbocycles. The number of aryl methyl sites for hydroxylation is 1. The van der Waals surface area contributed by atoms with Crippen LogP contribution < -0.4 is 4.74 Å². The van der Waals surface area contributed by atoms with E-state index < -0.39 is 0 Å². The van der Waals surface area contributed by atoms with E-state index >= 15 is 0 Å². The lowest BCUT2D eigenvalue weighted by Crippen LogP contribution is -2.41. The molecule has 3 aliphatic rings. The summed E-state index contributed by atoms with van der Waals surface area (Å²) < 4.78 is 12.1. The van der Waals surface area contributed by atoms with Gasteiger partial charge in [0.05, 0.1) is 24.0 Å². The van der Waals surface area contributed by atoms with E-state index in [0.717, 1.165) is 72.3 Å². The van der Waals surface area contributed by atoms with Gasteiger partial charge in [0.1, 0.15) is 5.75 Å². The summed E-state index contributed by atoms with van der Waals surface area (Å²) >= 11 is 0. The standard InChI is InChI=1S/C28H43N3O3.2ClH/c1-30(2)18-24-27(33-19-21-7-8-21)12-10-23-25(29-34-28(23)24)11-9-20-13-15-31(16-14-20)17-22-5-3-4-6-26(22)32;;/h10,12,20-22,26,32H,3-9,11,13-19H2,1-2H3;2*1H/t22-,26-;;/m0../s1. The lowest BCUT2D eigenvalue weighted by molar-refractivity contribution is 0.0380. The molecule has 0 amide bonds. The van der Waals surface area contributed by atoms with Gasteiger partial charge in [-0.15, -0.1) is 24.8 Å². The number of likely N-dealkylation sites (tertiary alicyclic amines) is 1. The molecule has 8 heteroatoms. The Morgan fingerprint density at radius 3 is 2.47 bits per heavy atom. The fourth-order valence-electron chi connectivity index (χ4n) is 5.90. The van der Waals surface area contributed by atoms with Crippen LogP contribution in [-0.2, 0) is 13.0 Å². The maximum Gasteiger partial charge on any atom is 0.175 e. The van der Waals surface area contributed by atoms with E-state index in [4.69, 9.17) is 9.26 Å². The number of aliphatic hydroxyl groups is 1. The quantitative estimate of drug-likeness (QED) is 0.415. The second-order valence-corrected chi connectivity index (χ2v) is 11.4. The number of fused-ring (bicyclic) bond motifs is 1. The van der Waals surface area contributed by atoms with Crippen LogP contribution in [0, 0.1) is 17.8 Å². The molecular formula is C28H45Cl2N3O3. The van der Waals surface area contributed by atoms with Gasteiger partial charge in [-0.1, -0.05) is 18.0 Å². The van der Waals surface area contributed by atoms with Gasteiger partial charge in [0.15, 0.2) is 5.58 Å². The fraction of sp³-hybridized carbons (Fsp3) is 0.750. The van der Waals surface area contributed by atoms with Crippen LogP contribution in [0.2, 0.25) is 0 Å². The molecule has 0 bridgehead atoms. The summed E-state index contributed by atoms with van der Waals surface area (Å²) in [6.07, 6.45) is 11.8. The van der Waals surface area contributed by atoms with Crippen LogP contribution in [0.25, 0.3) is 11.0 Å². The predicted octanol–water partition coefficient (Wildman–Crippen LogP) is 5.72. The lowest BCUT2D eigenvalue weighted by Gasteiger charge is -2.37. The van der Waals surface area contributed by atoms with Crippen LogP contribution in [0.4, 0.5) is 0 Å². The number of rotatable bonds is 10. The molecule has 6 nitrogen and oxygen atoms in total. The smallest absolute Gasteiger partial charge is 0.175 e. The summed E-state index contributed by atoms with van der Waals surface area (Å²) in [6.45, 7) is 5.03. The number of aromatic nitrogens is 1. The first-order chi connectivity index (χ1) is 16.6. The first-order valence-electron chi connectivity index (χ1n) is 13.6. The highest BCUT2D eigenvalue weighted by molar-refractivity contribution is 5.86. The third-order valence-electron chi connectivity index (χ3n) is 8.28. The molecule has 36 heavy (non-hydrogen) atoms. The first kappa shape index (κ1) is 29.5. The van der Waals surface area contributed by atoms with E-state index in [-0.39, 0.29) is 30.9 Å². The molecule has 3 fully saturated rings. The Labute approximate surface area is 228 Å². The van der Waals surface area contributed by atoms with Crippen LogP contribution in [0.1, 0.15) is 69.0 Å². The zero-order valence-electron chi connectivity index (χ0n) is 22.0. The topological polar surface area (TPSA) is 62.0 Å². The maximum absolute atomic E-state index is 10.3. The Morgan fingerprint density at radius 1 is 1.03 bits per heavy atom. The number of halogens is 2. The van der Waals surface area contributed by atoms with Gasteiger partial charge >= 0.3 is 0 Å². The highest BCUT2D eigenvalue weighted by Gasteiger charge is 2.28. The SMILES string of the molecule is CN(C)Cc1c(OCC2CC2)ccc2c(CCC3CCN(C[C@@H]4CCCC[C@@H]4O)CC3)noc12.Cl.Cl. The molecule has 1 saturated heterocycles. The van der Waals surface area contributed by atoms with Crippen molar-refractivity contribution < 1.29 is 14.4 Å². The predicted molar refractivity (Wildman–Crippen MR) is 150 cm³/mol. The highest BCUT2D eigenvalue weighted by atomic mass is 35.5. The van der Waals surface area contributed by atoms with Gasteiger partial charge < -0.3 is 24.2 Å². The van der Waals surface area contributed by atoms with Gasteiger partial charge in [0.2, 0.25) is 0 Å². The van der Waals surface area contributed by atoms with E-state index in [0.29, 0.717) is 5.92 Å². The minimum absolute atomic E-state index is 0. The van der Waals surface area contributed by atoms with Gasteiger partial charge in [-0.05, 0) is 108 Å². The number of hydrogen-bond donors (Lipinski definition) is 1. The Hall–Kier alpha value is -1.05. The molecule has 0 spiro atoms. The van der Waals surface area contributed by atoms with Crippen molar-refractivity contribution in [1.82, 2.24) is 15.0 Å². The van der Waals surface area contributed by atoms with Crippen LogP contribution >= 0.6 is 24.8 Å². The van der Waals surface area contributed by atoms with Crippen LogP contribution in [0.15, 0.2) is 16.7 Å². The Bertz CT molecular complexity index is 942. The molecular weight excluding hydrogens is 497 g/mol. The van der Waals surface area contributed by atoms with Crippen molar-refractivity contribution >= 4 is 35.8 Å². The summed E-state index contributed by atoms with van der Waals surface area (Å²) in [5, 5.41) is 16.0. The molecule has 0 radical (unpaired) electrons. The minimum Gasteiger partial charge on any atom is -0.493 e. The molecule has 1 aliphatic heterocycles. The normalized spacial score (nSPS) is 23.4. The number of hydrogen-bond acceptors (Lipinski definition) is 6. The van der Waals surface area contributed by atoms with Gasteiger partial charge in [-0.3, -0.25) is 0 Å². The Morgan fingerprint density at radius 2 is 1.78 bits per heavy atom. The van der Waals surface area contributed by atoms with E-state index in [1.807, 2.05) is 0 Å². The summed E-state index contributed by atoms with van der Waals surface area (Å²) in [4.78, 5) is 4.76. The van der Waals surface area contributed by atoms with Crippen LogP contribution in [-0.4, -0.2) is 66.5 Å². The molecule has 5 rings (SSSR count). The molecule has 0 unspecified atom stereocenters. The summed E-state index contributed by atoms with van der Waals surface area (Å²) in [5.74, 6) is 2.92. The number of piperidine rings is 1. The number of benzene rings is 1. The molecule has 1 aromatic carbocycles.